The molecule has 1 aromatic carbocycles. The summed E-state index contributed by atoms with van der Waals surface area (Å²) in [5, 5.41) is 0. The highest BCUT2D eigenvalue weighted by Gasteiger charge is 2.12. The van der Waals surface area contributed by atoms with Crippen LogP contribution in [0.25, 0.3) is 0 Å². The van der Waals surface area contributed by atoms with Crippen molar-refractivity contribution in [2.45, 2.75) is 20.3 Å². The Bertz CT molecular complexity index is 596. The van der Waals surface area contributed by atoms with Crippen LogP contribution in [0.3, 0.4) is 0 Å². The number of nitrogens with zero attached hydrogens (tertiary/aromatic N) is 1. The first-order chi connectivity index (χ1) is 10.2. The van der Waals surface area contributed by atoms with Gasteiger partial charge in [-0.1, -0.05) is 0 Å². The van der Waals surface area contributed by atoms with Crippen molar-refractivity contribution < 1.29 is 14.3 Å². The Balaban J connectivity index is 2.19. The molecule has 1 heterocycles. The van der Waals surface area contributed by atoms with Crippen LogP contribution in [-0.2, 0) is 6.42 Å². The lowest BCUT2D eigenvalue weighted by molar-refractivity contribution is 0.0992. The molecule has 0 aliphatic carbocycles. The molecule has 0 unspecified atom stereocenters. The quantitative estimate of drug-likeness (QED) is 0.732. The molecule has 110 valence electrons. The molecule has 0 saturated heterocycles. The molecule has 1 aromatic heterocycles. The first-order valence-corrected chi connectivity index (χ1v) is 7.06. The molecule has 4 nitrogen and oxygen atoms in total. The topological polar surface area (TPSA) is 48.4 Å². The number of hydrogen-bond acceptors (Lipinski definition) is 4. The maximum atomic E-state index is 12.3. The molecule has 2 aromatic rings. The van der Waals surface area contributed by atoms with E-state index < -0.39 is 0 Å². The summed E-state index contributed by atoms with van der Waals surface area (Å²) in [6.45, 7) is 4.91. The van der Waals surface area contributed by atoms with Crippen molar-refractivity contribution in [1.29, 1.82) is 0 Å². The van der Waals surface area contributed by atoms with E-state index in [9.17, 15) is 4.79 Å². The summed E-state index contributed by atoms with van der Waals surface area (Å²) in [4.78, 5) is 16.3. The lowest BCUT2D eigenvalue weighted by Crippen LogP contribution is -2.05. The largest absolute Gasteiger partial charge is 0.490 e. The summed E-state index contributed by atoms with van der Waals surface area (Å²) in [5.74, 6) is 1.32. The molecular weight excluding hydrogens is 266 g/mol. The Labute approximate surface area is 124 Å². The number of carbonyl (C=O) groups is 1. The number of carbonyl (C=O) groups excluding carboxylic acids is 1. The molecule has 0 atom stereocenters. The summed E-state index contributed by atoms with van der Waals surface area (Å²) >= 11 is 0. The van der Waals surface area contributed by atoms with Gasteiger partial charge in [-0.2, -0.15) is 0 Å². The van der Waals surface area contributed by atoms with Crippen molar-refractivity contribution in [3.05, 3.63) is 53.9 Å². The third kappa shape index (κ3) is 4.05. The van der Waals surface area contributed by atoms with E-state index in [-0.39, 0.29) is 5.78 Å². The number of ketones is 1. The molecule has 0 saturated carbocycles. The zero-order chi connectivity index (χ0) is 15.1. The maximum absolute atomic E-state index is 12.3. The molecule has 2 rings (SSSR count). The van der Waals surface area contributed by atoms with Crippen LogP contribution in [0.5, 0.6) is 11.5 Å². The summed E-state index contributed by atoms with van der Waals surface area (Å²) in [6, 6.07) is 9.00. The molecule has 0 N–H and O–H groups in total. The second kappa shape index (κ2) is 7.43. The lowest BCUT2D eigenvalue weighted by Gasteiger charge is -2.12. The molecule has 0 amide bonds. The number of pyridine rings is 1. The average Bonchev–Trinajstić information content (AvgIpc) is 2.50. The second-order valence-corrected chi connectivity index (χ2v) is 4.48. The molecule has 21 heavy (non-hydrogen) atoms. The number of benzene rings is 1. The van der Waals surface area contributed by atoms with Crippen molar-refractivity contribution in [3.63, 3.8) is 0 Å². The fraction of sp³-hybridized carbons (Fsp3) is 0.294. The SMILES string of the molecule is CCOc1ccc(C(=O)Cc2ccncc2)cc1OCC. The van der Waals surface area contributed by atoms with Crippen LogP contribution in [0.4, 0.5) is 0 Å². The third-order valence-electron chi connectivity index (χ3n) is 2.98. The van der Waals surface area contributed by atoms with E-state index in [1.165, 1.54) is 0 Å². The molecular formula is C17H19NO3. The summed E-state index contributed by atoms with van der Waals surface area (Å²) in [7, 11) is 0. The smallest absolute Gasteiger partial charge is 0.167 e. The predicted octanol–water partition coefficient (Wildman–Crippen LogP) is 3.30. The van der Waals surface area contributed by atoms with E-state index in [1.807, 2.05) is 26.0 Å². The number of hydrogen-bond donors (Lipinski definition) is 0. The van der Waals surface area contributed by atoms with Gasteiger partial charge in [0.05, 0.1) is 13.2 Å². The minimum atomic E-state index is 0.0465. The lowest BCUT2D eigenvalue weighted by atomic mass is 10.0. The van der Waals surface area contributed by atoms with Crippen LogP contribution in [-0.4, -0.2) is 24.0 Å². The van der Waals surface area contributed by atoms with Crippen LogP contribution in [0.1, 0.15) is 29.8 Å². The van der Waals surface area contributed by atoms with E-state index in [2.05, 4.69) is 4.98 Å². The molecule has 0 fully saturated rings. The van der Waals surface area contributed by atoms with E-state index in [1.54, 1.807) is 30.6 Å². The van der Waals surface area contributed by atoms with Crippen molar-refractivity contribution in [3.8, 4) is 11.5 Å². The Kier molecular flexibility index (Phi) is 5.32. The summed E-state index contributed by atoms with van der Waals surface area (Å²) in [6.07, 6.45) is 3.72. The second-order valence-electron chi connectivity index (χ2n) is 4.48. The van der Waals surface area contributed by atoms with Gasteiger partial charge in [0.1, 0.15) is 0 Å². The molecule has 0 radical (unpaired) electrons. The zero-order valence-electron chi connectivity index (χ0n) is 12.3. The van der Waals surface area contributed by atoms with Crippen LogP contribution in [0.2, 0.25) is 0 Å². The van der Waals surface area contributed by atoms with Crippen molar-refractivity contribution in [2.24, 2.45) is 0 Å². The van der Waals surface area contributed by atoms with Gasteiger partial charge in [0, 0.05) is 24.4 Å². The first-order valence-electron chi connectivity index (χ1n) is 7.06. The van der Waals surface area contributed by atoms with E-state index >= 15 is 0 Å². The van der Waals surface area contributed by atoms with E-state index in [4.69, 9.17) is 9.47 Å². The number of Topliss-reactive ketones (excluding diaryl/α,β-unsaturated/α-hetero) is 1. The van der Waals surface area contributed by atoms with Crippen molar-refractivity contribution >= 4 is 5.78 Å². The number of aromatic nitrogens is 1. The van der Waals surface area contributed by atoms with Crippen LogP contribution < -0.4 is 9.47 Å². The fourth-order valence-corrected chi connectivity index (χ4v) is 2.01. The molecule has 0 spiro atoms. The highest BCUT2D eigenvalue weighted by Crippen LogP contribution is 2.29. The molecule has 4 heteroatoms. The standard InChI is InChI=1S/C17H19NO3/c1-3-20-16-6-5-14(12-17(16)21-4-2)15(19)11-13-7-9-18-10-8-13/h5-10,12H,3-4,11H2,1-2H3. The Morgan fingerprint density at radius 2 is 1.67 bits per heavy atom. The highest BCUT2D eigenvalue weighted by atomic mass is 16.5. The third-order valence-corrected chi connectivity index (χ3v) is 2.98. The normalized spacial score (nSPS) is 10.2. The average molecular weight is 285 g/mol. The fourth-order valence-electron chi connectivity index (χ4n) is 2.01. The van der Waals surface area contributed by atoms with Gasteiger partial charge in [-0.3, -0.25) is 9.78 Å². The summed E-state index contributed by atoms with van der Waals surface area (Å²) < 4.78 is 11.0. The Morgan fingerprint density at radius 1 is 1.00 bits per heavy atom. The first kappa shape index (κ1) is 15.0. The Morgan fingerprint density at radius 3 is 2.33 bits per heavy atom. The Hall–Kier alpha value is -2.36. The van der Waals surface area contributed by atoms with Gasteiger partial charge in [-0.25, -0.2) is 0 Å². The van der Waals surface area contributed by atoms with Gasteiger partial charge >= 0.3 is 0 Å². The van der Waals surface area contributed by atoms with Gasteiger partial charge in [0.2, 0.25) is 0 Å². The van der Waals surface area contributed by atoms with Crippen LogP contribution in [0, 0.1) is 0 Å². The maximum Gasteiger partial charge on any atom is 0.167 e. The van der Waals surface area contributed by atoms with Crippen molar-refractivity contribution in [1.82, 2.24) is 4.98 Å². The van der Waals surface area contributed by atoms with Gasteiger partial charge in [-0.15, -0.1) is 0 Å². The molecule has 0 bridgehead atoms. The van der Waals surface area contributed by atoms with Gasteiger partial charge in [0.25, 0.3) is 0 Å². The zero-order valence-corrected chi connectivity index (χ0v) is 12.3. The van der Waals surface area contributed by atoms with E-state index in [0.29, 0.717) is 36.7 Å². The number of ether oxygens (including phenoxy) is 2. The number of rotatable bonds is 7. The van der Waals surface area contributed by atoms with Gasteiger partial charge in [0.15, 0.2) is 17.3 Å². The predicted molar refractivity (Wildman–Crippen MR) is 81.1 cm³/mol. The minimum absolute atomic E-state index is 0.0465. The molecule has 0 aliphatic heterocycles. The minimum Gasteiger partial charge on any atom is -0.490 e. The monoisotopic (exact) mass is 285 g/mol. The van der Waals surface area contributed by atoms with Gasteiger partial charge < -0.3 is 9.47 Å². The highest BCUT2D eigenvalue weighted by molar-refractivity contribution is 5.98. The summed E-state index contributed by atoms with van der Waals surface area (Å²) in [5.41, 5.74) is 1.57. The van der Waals surface area contributed by atoms with Gasteiger partial charge in [-0.05, 0) is 49.7 Å². The molecule has 0 aliphatic rings. The van der Waals surface area contributed by atoms with E-state index in [0.717, 1.165) is 5.56 Å². The van der Waals surface area contributed by atoms with Crippen LogP contribution >= 0.6 is 0 Å². The van der Waals surface area contributed by atoms with Crippen molar-refractivity contribution in [2.75, 3.05) is 13.2 Å². The van der Waals surface area contributed by atoms with Crippen LogP contribution in [0.15, 0.2) is 42.7 Å².